The maximum atomic E-state index is 8.52. The molecule has 0 fully saturated rings. The van der Waals surface area contributed by atoms with E-state index in [-0.39, 0.29) is 23.9 Å². The van der Waals surface area contributed by atoms with Crippen molar-refractivity contribution in [2.24, 2.45) is 0 Å². The Hall–Kier alpha value is 0.759. The summed E-state index contributed by atoms with van der Waals surface area (Å²) >= 11 is 0. The number of hydrogen-bond acceptors (Lipinski definition) is 1. The SMILES string of the molecule is CC(C)(C)O.[Sn+4]. The van der Waals surface area contributed by atoms with Gasteiger partial charge in [-0.15, -0.1) is 0 Å². The Kier molecular flexibility index (Phi) is 4.71. The second kappa shape index (κ2) is 2.85. The smallest absolute Gasteiger partial charge is 0.391 e. The maximum Gasteiger partial charge on any atom is 4.00 e. The molecule has 0 aromatic rings. The average molecular weight is 193 g/mol. The van der Waals surface area contributed by atoms with Gasteiger partial charge in [-0.1, -0.05) is 0 Å². The van der Waals surface area contributed by atoms with Crippen molar-refractivity contribution in [3.63, 3.8) is 0 Å². The van der Waals surface area contributed by atoms with Gasteiger partial charge < -0.3 is 5.11 Å². The molecule has 0 aliphatic rings. The van der Waals surface area contributed by atoms with Crippen LogP contribution in [-0.2, 0) is 0 Å². The molecule has 6 heavy (non-hydrogen) atoms. The van der Waals surface area contributed by atoms with Crippen molar-refractivity contribution in [1.82, 2.24) is 0 Å². The molecule has 0 rings (SSSR count). The van der Waals surface area contributed by atoms with Gasteiger partial charge in [0, 0.05) is 0 Å². The molecule has 0 bridgehead atoms. The Balaban J connectivity index is 0. The third-order valence-electron chi connectivity index (χ3n) is 0. The molecule has 2 heteroatoms. The maximum absolute atomic E-state index is 8.52. The summed E-state index contributed by atoms with van der Waals surface area (Å²) in [4.78, 5) is 0. The minimum absolute atomic E-state index is 0. The average Bonchev–Trinajstić information content (AvgIpc) is 0.722. The van der Waals surface area contributed by atoms with Crippen LogP contribution in [0.1, 0.15) is 20.8 Å². The van der Waals surface area contributed by atoms with Crippen LogP contribution in [-0.4, -0.2) is 34.6 Å². The summed E-state index contributed by atoms with van der Waals surface area (Å²) in [5, 5.41) is 8.52. The molecule has 0 atom stereocenters. The molecule has 1 N–H and O–H groups in total. The molecule has 0 unspecified atom stereocenters. The molecule has 0 amide bonds. The van der Waals surface area contributed by atoms with Gasteiger partial charge >= 0.3 is 23.9 Å². The Morgan fingerprint density at radius 3 is 1.17 bits per heavy atom. The topological polar surface area (TPSA) is 20.2 Å². The van der Waals surface area contributed by atoms with Crippen LogP contribution in [0.25, 0.3) is 0 Å². The Bertz CT molecular complexity index is 23.0. The van der Waals surface area contributed by atoms with Gasteiger partial charge in [-0.25, -0.2) is 0 Å². The summed E-state index contributed by atoms with van der Waals surface area (Å²) in [6, 6.07) is 0. The molecule has 0 saturated heterocycles. The van der Waals surface area contributed by atoms with E-state index in [1.54, 1.807) is 20.8 Å². The molecular formula is C4H10OSn+4. The standard InChI is InChI=1S/C4H10O.Sn/c1-4(2,3)5;/h5H,1-3H3;/q;+4. The second-order valence-electron chi connectivity index (χ2n) is 2.17. The van der Waals surface area contributed by atoms with Crippen LogP contribution in [0.4, 0.5) is 0 Å². The van der Waals surface area contributed by atoms with Gasteiger partial charge in [0.25, 0.3) is 0 Å². The van der Waals surface area contributed by atoms with Gasteiger partial charge in [-0.3, -0.25) is 0 Å². The van der Waals surface area contributed by atoms with E-state index in [4.69, 9.17) is 5.11 Å². The molecule has 0 spiro atoms. The van der Waals surface area contributed by atoms with Crippen molar-refractivity contribution in [1.29, 1.82) is 0 Å². The Morgan fingerprint density at radius 1 is 1.17 bits per heavy atom. The van der Waals surface area contributed by atoms with E-state index in [0.29, 0.717) is 0 Å². The van der Waals surface area contributed by atoms with Crippen molar-refractivity contribution in [3.05, 3.63) is 0 Å². The van der Waals surface area contributed by atoms with Gasteiger partial charge in [-0.05, 0) is 20.8 Å². The third kappa shape index (κ3) is 117. The van der Waals surface area contributed by atoms with Gasteiger partial charge in [0.15, 0.2) is 0 Å². The molecule has 0 aliphatic carbocycles. The molecule has 32 valence electrons. The van der Waals surface area contributed by atoms with Crippen LogP contribution in [0.3, 0.4) is 0 Å². The summed E-state index contributed by atoms with van der Waals surface area (Å²) in [6.07, 6.45) is 0. The van der Waals surface area contributed by atoms with E-state index in [1.165, 1.54) is 0 Å². The summed E-state index contributed by atoms with van der Waals surface area (Å²) in [5.74, 6) is 0. The van der Waals surface area contributed by atoms with Crippen LogP contribution >= 0.6 is 0 Å². The molecule has 0 radical (unpaired) electrons. The predicted octanol–water partition coefficient (Wildman–Crippen LogP) is 0.396. The van der Waals surface area contributed by atoms with Crippen LogP contribution < -0.4 is 0 Å². The molecule has 1 nitrogen and oxygen atoms in total. The zero-order valence-electron chi connectivity index (χ0n) is 4.45. The second-order valence-corrected chi connectivity index (χ2v) is 2.17. The van der Waals surface area contributed by atoms with Crippen LogP contribution in [0.2, 0.25) is 0 Å². The molecule has 0 aromatic carbocycles. The van der Waals surface area contributed by atoms with Crippen LogP contribution in [0, 0.1) is 0 Å². The predicted molar refractivity (Wildman–Crippen MR) is 27.7 cm³/mol. The van der Waals surface area contributed by atoms with Crippen molar-refractivity contribution in [2.45, 2.75) is 26.4 Å². The Labute approximate surface area is 55.7 Å². The molecular weight excluding hydrogens is 183 g/mol. The van der Waals surface area contributed by atoms with E-state index >= 15 is 0 Å². The van der Waals surface area contributed by atoms with E-state index < -0.39 is 5.60 Å². The van der Waals surface area contributed by atoms with Gasteiger partial charge in [0.2, 0.25) is 0 Å². The molecule has 0 aromatic heterocycles. The van der Waals surface area contributed by atoms with Crippen molar-refractivity contribution >= 4 is 23.9 Å². The van der Waals surface area contributed by atoms with E-state index in [9.17, 15) is 0 Å². The number of rotatable bonds is 0. The first kappa shape index (κ1) is 9.90. The summed E-state index contributed by atoms with van der Waals surface area (Å²) in [7, 11) is 0. The quantitative estimate of drug-likeness (QED) is 0.551. The third-order valence-corrected chi connectivity index (χ3v) is 0. The van der Waals surface area contributed by atoms with E-state index in [0.717, 1.165) is 0 Å². The van der Waals surface area contributed by atoms with Crippen LogP contribution in [0.5, 0.6) is 0 Å². The zero-order chi connectivity index (χ0) is 4.50. The fraction of sp³-hybridized carbons (Fsp3) is 1.00. The van der Waals surface area contributed by atoms with E-state index in [1.807, 2.05) is 0 Å². The van der Waals surface area contributed by atoms with Gasteiger partial charge in [-0.2, -0.15) is 0 Å². The van der Waals surface area contributed by atoms with Gasteiger partial charge in [0.05, 0.1) is 5.60 Å². The number of hydrogen-bond donors (Lipinski definition) is 1. The van der Waals surface area contributed by atoms with Crippen LogP contribution in [0.15, 0.2) is 0 Å². The van der Waals surface area contributed by atoms with E-state index in [2.05, 4.69) is 0 Å². The minimum atomic E-state index is -0.500. The van der Waals surface area contributed by atoms with Gasteiger partial charge in [0.1, 0.15) is 0 Å². The monoisotopic (exact) mass is 194 g/mol. The zero-order valence-corrected chi connectivity index (χ0v) is 7.30. The largest absolute Gasteiger partial charge is 4.00 e. The number of aliphatic hydroxyl groups is 1. The minimum Gasteiger partial charge on any atom is -0.391 e. The molecule has 0 aliphatic heterocycles. The fourth-order valence-electron chi connectivity index (χ4n) is 0. The molecule has 0 saturated carbocycles. The first-order valence-corrected chi connectivity index (χ1v) is 1.72. The van der Waals surface area contributed by atoms with Crippen molar-refractivity contribution in [2.75, 3.05) is 0 Å². The summed E-state index contributed by atoms with van der Waals surface area (Å²) in [5.41, 5.74) is -0.500. The Morgan fingerprint density at radius 2 is 1.17 bits per heavy atom. The first-order chi connectivity index (χ1) is 2.00. The van der Waals surface area contributed by atoms with Crippen molar-refractivity contribution < 1.29 is 5.11 Å². The first-order valence-electron chi connectivity index (χ1n) is 1.72. The summed E-state index contributed by atoms with van der Waals surface area (Å²) < 4.78 is 0. The summed E-state index contributed by atoms with van der Waals surface area (Å²) in [6.45, 7) is 5.23. The normalized spacial score (nSPS) is 10.0. The molecule has 0 heterocycles. The van der Waals surface area contributed by atoms with Crippen molar-refractivity contribution in [3.8, 4) is 0 Å². The fourth-order valence-corrected chi connectivity index (χ4v) is 0.